The molecule has 0 saturated carbocycles. The highest BCUT2D eigenvalue weighted by Gasteiger charge is 2.59. The number of rotatable bonds is 5. The maximum absolute atomic E-state index is 13.6. The number of carbonyl (C=O) groups is 1. The Labute approximate surface area is 171 Å². The van der Waals surface area contributed by atoms with Crippen LogP contribution in [0.1, 0.15) is 17.8 Å². The number of aromatic nitrogens is 2. The van der Waals surface area contributed by atoms with E-state index < -0.39 is 29.9 Å². The summed E-state index contributed by atoms with van der Waals surface area (Å²) in [6, 6.07) is 7.42. The number of carbonyl (C=O) groups excluding carboxylic acids is 1. The molecule has 1 aromatic heterocycles. The Morgan fingerprint density at radius 3 is 2.31 bits per heavy atom. The van der Waals surface area contributed by atoms with Gasteiger partial charge in [-0.2, -0.15) is 13.2 Å². The summed E-state index contributed by atoms with van der Waals surface area (Å²) in [6.45, 7) is 2.31. The van der Waals surface area contributed by atoms with Crippen LogP contribution in [0.5, 0.6) is 0 Å². The summed E-state index contributed by atoms with van der Waals surface area (Å²) in [5.74, 6) is -1.35. The number of aliphatic hydroxyl groups is 1. The minimum absolute atomic E-state index is 0.293. The van der Waals surface area contributed by atoms with E-state index in [2.05, 4.69) is 9.88 Å². The number of hydrogen-bond acceptors (Lipinski definition) is 4. The molecule has 10 heteroatoms. The number of nitrogens with zero attached hydrogens (tertiary/aromatic N) is 4. The average Bonchev–Trinajstić information content (AvgIpc) is 3.09. The van der Waals surface area contributed by atoms with Gasteiger partial charge in [-0.25, -0.2) is 4.98 Å². The third-order valence-corrected chi connectivity index (χ3v) is 5.36. The number of halogens is 4. The van der Waals surface area contributed by atoms with Gasteiger partial charge in [-0.1, -0.05) is 23.7 Å². The number of hydrogen-bond donors (Lipinski definition) is 1. The summed E-state index contributed by atoms with van der Waals surface area (Å²) in [4.78, 5) is 19.7. The molecule has 0 radical (unpaired) electrons. The van der Waals surface area contributed by atoms with E-state index in [1.165, 1.54) is 18.1 Å². The Morgan fingerprint density at radius 2 is 1.79 bits per heavy atom. The van der Waals surface area contributed by atoms with Gasteiger partial charge in [0.2, 0.25) is 11.5 Å². The van der Waals surface area contributed by atoms with Crippen molar-refractivity contribution >= 4 is 17.5 Å². The van der Waals surface area contributed by atoms with Crippen molar-refractivity contribution < 1.29 is 23.1 Å². The van der Waals surface area contributed by atoms with Gasteiger partial charge in [0.15, 0.2) is 5.82 Å². The summed E-state index contributed by atoms with van der Waals surface area (Å²) in [6.07, 6.45) is -3.67. The number of imidazole rings is 1. The first-order chi connectivity index (χ1) is 13.6. The van der Waals surface area contributed by atoms with Gasteiger partial charge in [-0.05, 0) is 17.7 Å². The summed E-state index contributed by atoms with van der Waals surface area (Å²) in [7, 11) is 1.35. The molecule has 1 amide bonds. The highest BCUT2D eigenvalue weighted by Crippen LogP contribution is 2.41. The fourth-order valence-electron chi connectivity index (χ4n) is 3.40. The minimum Gasteiger partial charge on any atom is -0.374 e. The highest BCUT2D eigenvalue weighted by atomic mass is 35.5. The van der Waals surface area contributed by atoms with Crippen LogP contribution in [0.15, 0.2) is 36.7 Å². The van der Waals surface area contributed by atoms with E-state index in [-0.39, 0.29) is 0 Å². The second-order valence-corrected chi connectivity index (χ2v) is 7.62. The molecule has 0 aliphatic carbocycles. The molecule has 1 unspecified atom stereocenters. The van der Waals surface area contributed by atoms with Crippen LogP contribution >= 0.6 is 11.6 Å². The fraction of sp³-hybridized carbons (Fsp3) is 0.474. The summed E-state index contributed by atoms with van der Waals surface area (Å²) in [5, 5.41) is 11.0. The smallest absolute Gasteiger partial charge is 0.374 e. The lowest BCUT2D eigenvalue weighted by Crippen LogP contribution is -2.52. The van der Waals surface area contributed by atoms with Crippen molar-refractivity contribution in [1.29, 1.82) is 0 Å². The topological polar surface area (TPSA) is 61.6 Å². The maximum atomic E-state index is 13.6. The molecule has 1 N–H and O–H groups in total. The first kappa shape index (κ1) is 21.6. The minimum atomic E-state index is -5.03. The first-order valence-corrected chi connectivity index (χ1v) is 9.49. The molecule has 1 aromatic carbocycles. The lowest BCUT2D eigenvalue weighted by Gasteiger charge is -2.37. The third-order valence-electron chi connectivity index (χ3n) is 5.11. The number of alkyl halides is 3. The van der Waals surface area contributed by atoms with E-state index in [0.29, 0.717) is 37.7 Å². The highest BCUT2D eigenvalue weighted by molar-refractivity contribution is 6.30. The van der Waals surface area contributed by atoms with Gasteiger partial charge in [0.05, 0.1) is 6.42 Å². The van der Waals surface area contributed by atoms with Crippen LogP contribution in [-0.2, 0) is 24.0 Å². The molecule has 1 saturated heterocycles. The van der Waals surface area contributed by atoms with Gasteiger partial charge >= 0.3 is 6.18 Å². The largest absolute Gasteiger partial charge is 0.425 e. The number of benzene rings is 1. The number of piperazine rings is 1. The predicted octanol–water partition coefficient (Wildman–Crippen LogP) is 2.56. The first-order valence-electron chi connectivity index (χ1n) is 9.11. The van der Waals surface area contributed by atoms with Crippen LogP contribution in [-0.4, -0.2) is 62.7 Å². The van der Waals surface area contributed by atoms with Crippen LogP contribution in [0, 0.1) is 0 Å². The van der Waals surface area contributed by atoms with Crippen LogP contribution < -0.4 is 0 Å². The van der Waals surface area contributed by atoms with Gasteiger partial charge in [0, 0.05) is 57.2 Å². The molecule has 2 aromatic rings. The molecule has 2 heterocycles. The average molecular weight is 431 g/mol. The van der Waals surface area contributed by atoms with Crippen molar-refractivity contribution in [1.82, 2.24) is 19.4 Å². The zero-order valence-corrected chi connectivity index (χ0v) is 16.6. The van der Waals surface area contributed by atoms with E-state index in [1.807, 2.05) is 12.1 Å². The molecule has 3 rings (SSSR count). The van der Waals surface area contributed by atoms with E-state index in [0.717, 1.165) is 16.3 Å². The second-order valence-electron chi connectivity index (χ2n) is 7.18. The molecule has 0 spiro atoms. The molecule has 1 aliphatic rings. The van der Waals surface area contributed by atoms with Gasteiger partial charge in [-0.15, -0.1) is 0 Å². The quantitative estimate of drug-likeness (QED) is 0.792. The molecular formula is C19H22ClF3N4O2. The molecule has 1 atom stereocenters. The predicted molar refractivity (Wildman–Crippen MR) is 101 cm³/mol. The Bertz CT molecular complexity index is 848. The van der Waals surface area contributed by atoms with Crippen molar-refractivity contribution in [3.8, 4) is 0 Å². The lowest BCUT2D eigenvalue weighted by molar-refractivity contribution is -0.272. The zero-order chi connectivity index (χ0) is 21.2. The van der Waals surface area contributed by atoms with Crippen LogP contribution in [0.25, 0.3) is 0 Å². The Hall–Kier alpha value is -2.10. The van der Waals surface area contributed by atoms with Gasteiger partial charge in [0.25, 0.3) is 0 Å². The molecule has 1 fully saturated rings. The SMILES string of the molecule is Cn1ccnc1C(O)(CC(=O)N1CCN(Cc2ccc(Cl)cc2)CC1)C(F)(F)F. The van der Waals surface area contributed by atoms with E-state index in [4.69, 9.17) is 11.6 Å². The molecule has 0 bridgehead atoms. The maximum Gasteiger partial charge on any atom is 0.425 e. The summed E-state index contributed by atoms with van der Waals surface area (Å²) in [5.41, 5.74) is -2.27. The van der Waals surface area contributed by atoms with E-state index in [1.54, 1.807) is 12.1 Å². The van der Waals surface area contributed by atoms with Crippen molar-refractivity contribution in [2.24, 2.45) is 7.05 Å². The molecule has 1 aliphatic heterocycles. The number of aryl methyl sites for hydroxylation is 1. The van der Waals surface area contributed by atoms with Crippen LogP contribution in [0.3, 0.4) is 0 Å². The lowest BCUT2D eigenvalue weighted by atomic mass is 9.96. The van der Waals surface area contributed by atoms with Gasteiger partial charge < -0.3 is 14.6 Å². The zero-order valence-electron chi connectivity index (χ0n) is 15.9. The Morgan fingerprint density at radius 1 is 1.17 bits per heavy atom. The molecular weight excluding hydrogens is 409 g/mol. The van der Waals surface area contributed by atoms with Gasteiger partial charge in [0.1, 0.15) is 0 Å². The van der Waals surface area contributed by atoms with Crippen molar-refractivity contribution in [2.75, 3.05) is 26.2 Å². The normalized spacial score (nSPS) is 17.9. The van der Waals surface area contributed by atoms with E-state index >= 15 is 0 Å². The second kappa shape index (κ2) is 8.33. The Balaban J connectivity index is 1.62. The van der Waals surface area contributed by atoms with E-state index in [9.17, 15) is 23.1 Å². The molecule has 6 nitrogen and oxygen atoms in total. The van der Waals surface area contributed by atoms with Crippen molar-refractivity contribution in [2.45, 2.75) is 24.7 Å². The fourth-order valence-corrected chi connectivity index (χ4v) is 3.53. The monoisotopic (exact) mass is 430 g/mol. The Kier molecular flexibility index (Phi) is 6.21. The standard InChI is InChI=1S/C19H22ClF3N4O2/c1-25-7-6-24-17(25)18(29,19(21,22)23)12-16(28)27-10-8-26(9-11-27)13-14-2-4-15(20)5-3-14/h2-7,29H,8-13H2,1H3. The number of amides is 1. The van der Waals surface area contributed by atoms with Crippen molar-refractivity contribution in [3.05, 3.63) is 53.1 Å². The van der Waals surface area contributed by atoms with Gasteiger partial charge in [-0.3, -0.25) is 9.69 Å². The summed E-state index contributed by atoms with van der Waals surface area (Å²) < 4.78 is 41.9. The summed E-state index contributed by atoms with van der Waals surface area (Å²) >= 11 is 5.88. The molecule has 158 valence electrons. The van der Waals surface area contributed by atoms with Crippen LogP contribution in [0.4, 0.5) is 13.2 Å². The van der Waals surface area contributed by atoms with Crippen molar-refractivity contribution in [3.63, 3.8) is 0 Å². The van der Waals surface area contributed by atoms with Crippen LogP contribution in [0.2, 0.25) is 5.02 Å². The molecule has 29 heavy (non-hydrogen) atoms. The third kappa shape index (κ3) is 4.73.